The van der Waals surface area contributed by atoms with E-state index in [0.717, 1.165) is 24.4 Å². The Labute approximate surface area is 199 Å². The molecule has 0 amide bonds. The molecule has 4 nitrogen and oxygen atoms in total. The lowest BCUT2D eigenvalue weighted by Crippen LogP contribution is -2.33. The van der Waals surface area contributed by atoms with Crippen LogP contribution in [0.25, 0.3) is 0 Å². The number of aliphatic imine (C=N–C) groups is 1. The lowest BCUT2D eigenvalue weighted by Gasteiger charge is -2.34. The average Bonchev–Trinajstić information content (AvgIpc) is 2.81. The predicted molar refractivity (Wildman–Crippen MR) is 138 cm³/mol. The fraction of sp³-hybridized carbons (Fsp3) is 0.517. The molecule has 33 heavy (non-hydrogen) atoms. The summed E-state index contributed by atoms with van der Waals surface area (Å²) < 4.78 is 6.19. The first kappa shape index (κ1) is 25.0. The Hall–Kier alpha value is -2.62. The van der Waals surface area contributed by atoms with Crippen LogP contribution in [-0.2, 0) is 9.53 Å². The first-order chi connectivity index (χ1) is 15.8. The lowest BCUT2D eigenvalue weighted by molar-refractivity contribution is -0.122. The van der Waals surface area contributed by atoms with Crippen molar-refractivity contribution in [2.24, 2.45) is 28.7 Å². The van der Waals surface area contributed by atoms with Gasteiger partial charge in [0.15, 0.2) is 11.7 Å². The molecule has 0 fully saturated rings. The van der Waals surface area contributed by atoms with Crippen LogP contribution in [0.4, 0.5) is 5.69 Å². The van der Waals surface area contributed by atoms with Crippen molar-refractivity contribution in [1.82, 2.24) is 0 Å². The second kappa shape index (κ2) is 11.5. The fourth-order valence-electron chi connectivity index (χ4n) is 4.74. The van der Waals surface area contributed by atoms with Gasteiger partial charge in [0.1, 0.15) is 6.10 Å². The molecule has 5 unspecified atom stereocenters. The van der Waals surface area contributed by atoms with Crippen molar-refractivity contribution in [2.75, 3.05) is 11.9 Å². The van der Waals surface area contributed by atoms with Crippen LogP contribution in [0.15, 0.2) is 59.6 Å². The third kappa shape index (κ3) is 6.69. The van der Waals surface area contributed by atoms with E-state index in [1.807, 2.05) is 18.2 Å². The van der Waals surface area contributed by atoms with Crippen LogP contribution in [-0.4, -0.2) is 24.3 Å². The summed E-state index contributed by atoms with van der Waals surface area (Å²) in [6.45, 7) is 13.3. The number of anilines is 1. The smallest absolute Gasteiger partial charge is 0.184 e. The highest BCUT2D eigenvalue weighted by atomic mass is 16.5. The van der Waals surface area contributed by atoms with E-state index in [1.54, 1.807) is 0 Å². The van der Waals surface area contributed by atoms with Crippen LogP contribution >= 0.6 is 0 Å². The van der Waals surface area contributed by atoms with E-state index in [9.17, 15) is 4.79 Å². The van der Waals surface area contributed by atoms with Crippen molar-refractivity contribution >= 4 is 17.4 Å². The molecule has 0 spiro atoms. The number of nitrogens with zero attached hydrogens (tertiary/aromatic N) is 1. The van der Waals surface area contributed by atoms with Gasteiger partial charge in [0.2, 0.25) is 0 Å². The molecule has 0 radical (unpaired) electrons. The van der Waals surface area contributed by atoms with E-state index in [4.69, 9.17) is 9.73 Å². The van der Waals surface area contributed by atoms with Crippen LogP contribution in [0.5, 0.6) is 0 Å². The van der Waals surface area contributed by atoms with Gasteiger partial charge in [0, 0.05) is 23.9 Å². The van der Waals surface area contributed by atoms with Gasteiger partial charge in [0.25, 0.3) is 0 Å². The lowest BCUT2D eigenvalue weighted by atomic mass is 9.79. The number of hydrogen-bond donors (Lipinski definition) is 1. The number of ketones is 1. The summed E-state index contributed by atoms with van der Waals surface area (Å²) in [6, 6.07) is 18.8. The average molecular weight is 449 g/mol. The fourth-order valence-corrected chi connectivity index (χ4v) is 4.74. The molecule has 3 rings (SSSR count). The minimum atomic E-state index is -0.0200. The van der Waals surface area contributed by atoms with E-state index < -0.39 is 0 Å². The van der Waals surface area contributed by atoms with E-state index in [-0.39, 0.29) is 29.8 Å². The number of ether oxygens (including phenoxy) is 1. The van der Waals surface area contributed by atoms with Crippen molar-refractivity contribution in [1.29, 1.82) is 0 Å². The monoisotopic (exact) mass is 448 g/mol. The molecule has 0 bridgehead atoms. The molecule has 2 aromatic rings. The number of hydrogen-bond acceptors (Lipinski definition) is 4. The number of benzene rings is 2. The standard InChI is InChI=1S/C29H40N2O2/c1-19(2)26(22(5)27(32)18-30-25-14-12-20(3)13-15-25)16-17-28-31-29(21(4)23(6)33-28)24-10-8-7-9-11-24/h7-15,19,21-23,26,29-30H,16-18H2,1-6H3. The van der Waals surface area contributed by atoms with Gasteiger partial charge in [-0.1, -0.05) is 75.7 Å². The Bertz CT molecular complexity index is 920. The number of rotatable bonds is 10. The highest BCUT2D eigenvalue weighted by Crippen LogP contribution is 2.35. The molecule has 1 heterocycles. The molecule has 1 aliphatic heterocycles. The van der Waals surface area contributed by atoms with E-state index in [2.05, 4.69) is 83.3 Å². The van der Waals surface area contributed by atoms with Crippen LogP contribution in [0.1, 0.15) is 64.6 Å². The second-order valence-corrected chi connectivity index (χ2v) is 9.98. The Morgan fingerprint density at radius 3 is 2.33 bits per heavy atom. The molecule has 0 aliphatic carbocycles. The maximum Gasteiger partial charge on any atom is 0.184 e. The SMILES string of the molecule is Cc1ccc(NCC(=O)C(C)C(CCC2=NC(c3ccccc3)C(C)C(C)O2)C(C)C)cc1. The third-order valence-electron chi connectivity index (χ3n) is 7.20. The normalized spacial score (nSPS) is 22.3. The molecule has 2 aromatic carbocycles. The first-order valence-corrected chi connectivity index (χ1v) is 12.4. The summed E-state index contributed by atoms with van der Waals surface area (Å²) >= 11 is 0. The molecule has 1 N–H and O–H groups in total. The maximum atomic E-state index is 13.0. The topological polar surface area (TPSA) is 50.7 Å². The third-order valence-corrected chi connectivity index (χ3v) is 7.20. The number of carbonyl (C=O) groups is 1. The minimum absolute atomic E-state index is 0.0200. The first-order valence-electron chi connectivity index (χ1n) is 12.4. The molecule has 0 saturated carbocycles. The molecule has 4 heteroatoms. The summed E-state index contributed by atoms with van der Waals surface area (Å²) in [7, 11) is 0. The summed E-state index contributed by atoms with van der Waals surface area (Å²) in [5, 5.41) is 3.29. The summed E-state index contributed by atoms with van der Waals surface area (Å²) in [4.78, 5) is 18.0. The Morgan fingerprint density at radius 1 is 1.03 bits per heavy atom. The van der Waals surface area contributed by atoms with Gasteiger partial charge in [-0.3, -0.25) is 4.79 Å². The molecule has 0 aromatic heterocycles. The zero-order chi connectivity index (χ0) is 24.0. The van der Waals surface area contributed by atoms with Gasteiger partial charge in [0.05, 0.1) is 12.6 Å². The Kier molecular flexibility index (Phi) is 8.71. The van der Waals surface area contributed by atoms with Gasteiger partial charge < -0.3 is 10.1 Å². The van der Waals surface area contributed by atoms with Crippen molar-refractivity contribution in [3.63, 3.8) is 0 Å². The Morgan fingerprint density at radius 2 is 1.70 bits per heavy atom. The number of Topliss-reactive ketones (excluding diaryl/α,β-unsaturated/α-hetero) is 1. The van der Waals surface area contributed by atoms with Gasteiger partial charge in [-0.25, -0.2) is 4.99 Å². The minimum Gasteiger partial charge on any atom is -0.478 e. The molecule has 178 valence electrons. The quantitative estimate of drug-likeness (QED) is 0.432. The highest BCUT2D eigenvalue weighted by Gasteiger charge is 2.32. The molecular weight excluding hydrogens is 408 g/mol. The second-order valence-electron chi connectivity index (χ2n) is 9.98. The summed E-state index contributed by atoms with van der Waals surface area (Å²) in [5.41, 5.74) is 3.44. The Balaban J connectivity index is 1.62. The molecule has 5 atom stereocenters. The van der Waals surface area contributed by atoms with Gasteiger partial charge in [-0.15, -0.1) is 0 Å². The van der Waals surface area contributed by atoms with Gasteiger partial charge >= 0.3 is 0 Å². The number of aryl methyl sites for hydroxylation is 1. The largest absolute Gasteiger partial charge is 0.478 e. The van der Waals surface area contributed by atoms with Gasteiger partial charge in [-0.2, -0.15) is 0 Å². The zero-order valence-electron chi connectivity index (χ0n) is 21.0. The van der Waals surface area contributed by atoms with Crippen LogP contribution in [0.3, 0.4) is 0 Å². The van der Waals surface area contributed by atoms with Crippen LogP contribution in [0, 0.1) is 30.6 Å². The van der Waals surface area contributed by atoms with Crippen LogP contribution < -0.4 is 5.32 Å². The van der Waals surface area contributed by atoms with E-state index in [1.165, 1.54) is 11.1 Å². The zero-order valence-corrected chi connectivity index (χ0v) is 21.0. The maximum absolute atomic E-state index is 13.0. The summed E-state index contributed by atoms with van der Waals surface area (Å²) in [6.07, 6.45) is 1.79. The summed E-state index contributed by atoms with van der Waals surface area (Å²) in [5.74, 6) is 2.09. The number of carbonyl (C=O) groups excluding carboxylic acids is 1. The van der Waals surface area contributed by atoms with Crippen molar-refractivity contribution in [3.05, 3.63) is 65.7 Å². The van der Waals surface area contributed by atoms with Crippen molar-refractivity contribution < 1.29 is 9.53 Å². The number of nitrogens with one attached hydrogen (secondary N) is 1. The molecule has 1 aliphatic rings. The highest BCUT2D eigenvalue weighted by molar-refractivity contribution is 5.85. The van der Waals surface area contributed by atoms with Gasteiger partial charge in [-0.05, 0) is 49.8 Å². The predicted octanol–water partition coefficient (Wildman–Crippen LogP) is 6.86. The molecule has 0 saturated heterocycles. The van der Waals surface area contributed by atoms with E-state index >= 15 is 0 Å². The van der Waals surface area contributed by atoms with Crippen LogP contribution in [0.2, 0.25) is 0 Å². The van der Waals surface area contributed by atoms with Crippen molar-refractivity contribution in [3.8, 4) is 0 Å². The van der Waals surface area contributed by atoms with Crippen molar-refractivity contribution in [2.45, 2.75) is 66.5 Å². The van der Waals surface area contributed by atoms with E-state index in [0.29, 0.717) is 18.4 Å². The molecular formula is C29H40N2O2.